The fourth-order valence-corrected chi connectivity index (χ4v) is 2.52. The SMILES string of the molecule is N#Cc1ccc(Cl)cc1C(O)C(O)CCNC(=O)OCc1ccccc1. The molecule has 2 unspecified atom stereocenters. The number of amides is 1. The lowest BCUT2D eigenvalue weighted by atomic mass is 9.97. The van der Waals surface area contributed by atoms with E-state index in [1.807, 2.05) is 36.4 Å². The smallest absolute Gasteiger partial charge is 0.407 e. The molecule has 0 bridgehead atoms. The predicted molar refractivity (Wildman–Crippen MR) is 96.4 cm³/mol. The van der Waals surface area contributed by atoms with Gasteiger partial charge < -0.3 is 20.3 Å². The van der Waals surface area contributed by atoms with Gasteiger partial charge >= 0.3 is 6.09 Å². The zero-order chi connectivity index (χ0) is 18.9. The quantitative estimate of drug-likeness (QED) is 0.691. The molecular weight excluding hydrogens is 356 g/mol. The molecule has 0 fully saturated rings. The van der Waals surface area contributed by atoms with Crippen molar-refractivity contribution in [1.82, 2.24) is 5.32 Å². The Morgan fingerprint density at radius 3 is 2.65 bits per heavy atom. The number of benzene rings is 2. The minimum absolute atomic E-state index is 0.0823. The molecule has 0 aromatic heterocycles. The number of carbonyl (C=O) groups excluding carboxylic acids is 1. The summed E-state index contributed by atoms with van der Waals surface area (Å²) in [5.74, 6) is 0. The fourth-order valence-electron chi connectivity index (χ4n) is 2.34. The van der Waals surface area contributed by atoms with Crippen LogP contribution >= 0.6 is 11.6 Å². The summed E-state index contributed by atoms with van der Waals surface area (Å²) in [4.78, 5) is 11.6. The molecule has 1 amide bonds. The number of rotatable bonds is 7. The van der Waals surface area contributed by atoms with E-state index in [9.17, 15) is 15.0 Å². The van der Waals surface area contributed by atoms with Gasteiger partial charge in [0.2, 0.25) is 0 Å². The van der Waals surface area contributed by atoms with E-state index in [1.165, 1.54) is 18.2 Å². The van der Waals surface area contributed by atoms with Crippen LogP contribution in [0.3, 0.4) is 0 Å². The highest BCUT2D eigenvalue weighted by Crippen LogP contribution is 2.25. The number of nitriles is 1. The summed E-state index contributed by atoms with van der Waals surface area (Å²) < 4.78 is 5.05. The Kier molecular flexibility index (Phi) is 7.42. The van der Waals surface area contributed by atoms with Gasteiger partial charge in [0.1, 0.15) is 12.7 Å². The molecule has 2 aromatic rings. The van der Waals surface area contributed by atoms with Crippen molar-refractivity contribution < 1.29 is 19.7 Å². The lowest BCUT2D eigenvalue weighted by molar-refractivity contribution is 0.0135. The molecule has 2 atom stereocenters. The molecule has 6 nitrogen and oxygen atoms in total. The Morgan fingerprint density at radius 1 is 1.23 bits per heavy atom. The maximum atomic E-state index is 11.6. The van der Waals surface area contributed by atoms with E-state index < -0.39 is 18.3 Å². The molecule has 7 heteroatoms. The molecule has 26 heavy (non-hydrogen) atoms. The van der Waals surface area contributed by atoms with Crippen LogP contribution in [0.5, 0.6) is 0 Å². The second-order valence-corrected chi connectivity index (χ2v) is 6.07. The van der Waals surface area contributed by atoms with Crippen molar-refractivity contribution >= 4 is 17.7 Å². The second kappa shape index (κ2) is 9.78. The summed E-state index contributed by atoms with van der Waals surface area (Å²) in [6, 6.07) is 15.6. The first-order chi connectivity index (χ1) is 12.5. The van der Waals surface area contributed by atoms with Crippen LogP contribution in [0.25, 0.3) is 0 Å². The van der Waals surface area contributed by atoms with Gasteiger partial charge in [-0.1, -0.05) is 41.9 Å². The standard InChI is InChI=1S/C19H19ClN2O4/c20-15-7-6-14(11-21)16(10-15)18(24)17(23)8-9-22-19(25)26-12-13-4-2-1-3-5-13/h1-7,10,17-18,23-24H,8-9,12H2,(H,22,25). The van der Waals surface area contributed by atoms with Crippen LogP contribution in [0.4, 0.5) is 4.79 Å². The van der Waals surface area contributed by atoms with Gasteiger partial charge in [0.05, 0.1) is 17.7 Å². The summed E-state index contributed by atoms with van der Waals surface area (Å²) in [6.45, 7) is 0.250. The summed E-state index contributed by atoms with van der Waals surface area (Å²) in [5, 5.41) is 32.3. The normalized spacial score (nSPS) is 12.7. The van der Waals surface area contributed by atoms with E-state index in [2.05, 4.69) is 5.32 Å². The molecule has 0 aliphatic heterocycles. The van der Waals surface area contributed by atoms with E-state index >= 15 is 0 Å². The number of carbonyl (C=O) groups is 1. The number of ether oxygens (including phenoxy) is 1. The van der Waals surface area contributed by atoms with E-state index in [1.54, 1.807) is 0 Å². The Balaban J connectivity index is 1.79. The number of aliphatic hydroxyl groups excluding tert-OH is 2. The minimum atomic E-state index is -1.29. The van der Waals surface area contributed by atoms with Crippen LogP contribution in [-0.4, -0.2) is 29.0 Å². The van der Waals surface area contributed by atoms with E-state index in [0.29, 0.717) is 5.02 Å². The summed E-state index contributed by atoms with van der Waals surface area (Å²) in [6.07, 6.45) is -2.99. The van der Waals surface area contributed by atoms with Crippen LogP contribution in [0.2, 0.25) is 5.02 Å². The highest BCUT2D eigenvalue weighted by atomic mass is 35.5. The van der Waals surface area contributed by atoms with Crippen LogP contribution in [0.1, 0.15) is 29.2 Å². The Morgan fingerprint density at radius 2 is 1.96 bits per heavy atom. The number of hydrogen-bond acceptors (Lipinski definition) is 5. The number of aliphatic hydroxyl groups is 2. The van der Waals surface area contributed by atoms with Gasteiger partial charge in [0, 0.05) is 17.1 Å². The summed E-state index contributed by atoms with van der Waals surface area (Å²) in [7, 11) is 0. The van der Waals surface area contributed by atoms with Crippen LogP contribution in [-0.2, 0) is 11.3 Å². The fraction of sp³-hybridized carbons (Fsp3) is 0.263. The molecule has 0 aliphatic carbocycles. The number of hydrogen-bond donors (Lipinski definition) is 3. The van der Waals surface area contributed by atoms with Gasteiger partial charge in [0.15, 0.2) is 0 Å². The maximum absolute atomic E-state index is 11.6. The minimum Gasteiger partial charge on any atom is -0.445 e. The molecule has 0 heterocycles. The van der Waals surface area contributed by atoms with Crippen molar-refractivity contribution in [2.75, 3.05) is 6.54 Å². The molecule has 2 rings (SSSR count). The van der Waals surface area contributed by atoms with Crippen molar-refractivity contribution in [2.45, 2.75) is 25.2 Å². The predicted octanol–water partition coefficient (Wildman–Crippen LogP) is 2.92. The van der Waals surface area contributed by atoms with E-state index in [-0.39, 0.29) is 30.7 Å². The first-order valence-electron chi connectivity index (χ1n) is 8.01. The molecule has 136 valence electrons. The molecule has 0 saturated carbocycles. The lowest BCUT2D eigenvalue weighted by Crippen LogP contribution is -2.30. The van der Waals surface area contributed by atoms with Crippen molar-refractivity contribution in [1.29, 1.82) is 5.26 Å². The third-order valence-corrected chi connectivity index (χ3v) is 3.97. The second-order valence-electron chi connectivity index (χ2n) is 5.63. The zero-order valence-corrected chi connectivity index (χ0v) is 14.7. The Labute approximate surface area is 156 Å². The van der Waals surface area contributed by atoms with Gasteiger partial charge in [-0.25, -0.2) is 4.79 Å². The topological polar surface area (TPSA) is 103 Å². The lowest BCUT2D eigenvalue weighted by Gasteiger charge is -2.19. The number of alkyl carbamates (subject to hydrolysis) is 1. The van der Waals surface area contributed by atoms with Gasteiger partial charge in [-0.05, 0) is 30.2 Å². The molecule has 0 radical (unpaired) electrons. The van der Waals surface area contributed by atoms with Crippen LogP contribution in [0.15, 0.2) is 48.5 Å². The van der Waals surface area contributed by atoms with Crippen molar-refractivity contribution in [3.8, 4) is 6.07 Å². The van der Waals surface area contributed by atoms with Gasteiger partial charge in [-0.2, -0.15) is 5.26 Å². The first kappa shape index (κ1) is 19.7. The molecule has 0 aliphatic rings. The maximum Gasteiger partial charge on any atom is 0.407 e. The number of nitrogens with zero attached hydrogens (tertiary/aromatic N) is 1. The average molecular weight is 375 g/mol. The highest BCUT2D eigenvalue weighted by Gasteiger charge is 2.21. The van der Waals surface area contributed by atoms with E-state index in [4.69, 9.17) is 21.6 Å². The summed E-state index contributed by atoms with van der Waals surface area (Å²) in [5.41, 5.74) is 1.35. The Hall–Kier alpha value is -2.59. The number of nitrogens with one attached hydrogen (secondary N) is 1. The zero-order valence-electron chi connectivity index (χ0n) is 13.9. The largest absolute Gasteiger partial charge is 0.445 e. The molecule has 3 N–H and O–H groups in total. The molecular formula is C19H19ClN2O4. The van der Waals surface area contributed by atoms with Crippen molar-refractivity contribution in [3.05, 3.63) is 70.2 Å². The third-order valence-electron chi connectivity index (χ3n) is 3.74. The van der Waals surface area contributed by atoms with Crippen LogP contribution < -0.4 is 5.32 Å². The van der Waals surface area contributed by atoms with E-state index in [0.717, 1.165) is 5.56 Å². The van der Waals surface area contributed by atoms with Crippen LogP contribution in [0, 0.1) is 11.3 Å². The molecule has 0 saturated heterocycles. The van der Waals surface area contributed by atoms with Gasteiger partial charge in [0.25, 0.3) is 0 Å². The van der Waals surface area contributed by atoms with Gasteiger partial charge in [-0.3, -0.25) is 0 Å². The third kappa shape index (κ3) is 5.74. The molecule has 0 spiro atoms. The first-order valence-corrected chi connectivity index (χ1v) is 8.39. The highest BCUT2D eigenvalue weighted by molar-refractivity contribution is 6.30. The number of halogens is 1. The van der Waals surface area contributed by atoms with Gasteiger partial charge in [-0.15, -0.1) is 0 Å². The molecule has 2 aromatic carbocycles. The summed E-state index contributed by atoms with van der Waals surface area (Å²) >= 11 is 5.88. The monoisotopic (exact) mass is 374 g/mol. The average Bonchev–Trinajstić information content (AvgIpc) is 2.66. The Bertz CT molecular complexity index is 777. The van der Waals surface area contributed by atoms with Crippen molar-refractivity contribution in [2.24, 2.45) is 0 Å². The van der Waals surface area contributed by atoms with Crippen molar-refractivity contribution in [3.63, 3.8) is 0 Å².